The van der Waals surface area contributed by atoms with Gasteiger partial charge >= 0.3 is 5.97 Å². The number of nitrogens with zero attached hydrogens (tertiary/aromatic N) is 1. The molecular weight excluding hydrogens is 244 g/mol. The number of ether oxygens (including phenoxy) is 2. The van der Waals surface area contributed by atoms with Gasteiger partial charge in [0.05, 0.1) is 13.0 Å². The SMILES string of the molecule is COc1cccc(CC(CN)C(=O)OC(C)(C)C)n1. The summed E-state index contributed by atoms with van der Waals surface area (Å²) < 4.78 is 10.4. The van der Waals surface area contributed by atoms with Gasteiger partial charge in [0.15, 0.2) is 0 Å². The van der Waals surface area contributed by atoms with E-state index in [9.17, 15) is 4.79 Å². The van der Waals surface area contributed by atoms with Crippen LogP contribution in [0.2, 0.25) is 0 Å². The number of hydrogen-bond acceptors (Lipinski definition) is 5. The van der Waals surface area contributed by atoms with Gasteiger partial charge in [-0.3, -0.25) is 4.79 Å². The Morgan fingerprint density at radius 3 is 2.63 bits per heavy atom. The third-order valence-corrected chi connectivity index (χ3v) is 2.47. The fraction of sp³-hybridized carbons (Fsp3) is 0.571. The van der Waals surface area contributed by atoms with Crippen molar-refractivity contribution in [1.29, 1.82) is 0 Å². The number of nitrogens with two attached hydrogens (primary N) is 1. The van der Waals surface area contributed by atoms with Gasteiger partial charge in [0.25, 0.3) is 0 Å². The molecule has 0 aromatic carbocycles. The summed E-state index contributed by atoms with van der Waals surface area (Å²) in [5, 5.41) is 0. The Morgan fingerprint density at radius 2 is 2.11 bits per heavy atom. The number of carbonyl (C=O) groups excluding carboxylic acids is 1. The van der Waals surface area contributed by atoms with Gasteiger partial charge in [-0.1, -0.05) is 6.07 Å². The predicted octanol–water partition coefficient (Wildman–Crippen LogP) is 1.55. The minimum atomic E-state index is -0.508. The molecule has 106 valence electrons. The highest BCUT2D eigenvalue weighted by molar-refractivity contribution is 5.73. The fourth-order valence-electron chi connectivity index (χ4n) is 1.59. The number of esters is 1. The highest BCUT2D eigenvalue weighted by Gasteiger charge is 2.24. The van der Waals surface area contributed by atoms with E-state index in [1.165, 1.54) is 0 Å². The first kappa shape index (κ1) is 15.4. The summed E-state index contributed by atoms with van der Waals surface area (Å²) in [5.41, 5.74) is 5.91. The summed E-state index contributed by atoms with van der Waals surface area (Å²) in [6.07, 6.45) is 0.447. The summed E-state index contributed by atoms with van der Waals surface area (Å²) in [4.78, 5) is 16.3. The zero-order valence-corrected chi connectivity index (χ0v) is 12.0. The molecule has 0 bridgehead atoms. The van der Waals surface area contributed by atoms with E-state index >= 15 is 0 Å². The van der Waals surface area contributed by atoms with Gasteiger partial charge in [-0.25, -0.2) is 4.98 Å². The van der Waals surface area contributed by atoms with Crippen molar-refractivity contribution in [2.75, 3.05) is 13.7 Å². The van der Waals surface area contributed by atoms with E-state index in [4.69, 9.17) is 15.2 Å². The van der Waals surface area contributed by atoms with E-state index in [0.717, 1.165) is 5.69 Å². The Kier molecular flexibility index (Phi) is 5.30. The lowest BCUT2D eigenvalue weighted by atomic mass is 10.0. The largest absolute Gasteiger partial charge is 0.481 e. The van der Waals surface area contributed by atoms with Crippen LogP contribution in [0, 0.1) is 5.92 Å². The molecule has 1 heterocycles. The Morgan fingerprint density at radius 1 is 1.42 bits per heavy atom. The summed E-state index contributed by atoms with van der Waals surface area (Å²) in [5.74, 6) is -0.157. The van der Waals surface area contributed by atoms with Crippen molar-refractivity contribution < 1.29 is 14.3 Å². The number of methoxy groups -OCH3 is 1. The highest BCUT2D eigenvalue weighted by Crippen LogP contribution is 2.15. The van der Waals surface area contributed by atoms with Crippen LogP contribution in [-0.4, -0.2) is 30.2 Å². The molecule has 0 fully saturated rings. The second-order valence-electron chi connectivity index (χ2n) is 5.34. The molecule has 1 aromatic rings. The summed E-state index contributed by atoms with van der Waals surface area (Å²) >= 11 is 0. The van der Waals surface area contributed by atoms with E-state index in [0.29, 0.717) is 12.3 Å². The highest BCUT2D eigenvalue weighted by atomic mass is 16.6. The van der Waals surface area contributed by atoms with Crippen molar-refractivity contribution in [2.45, 2.75) is 32.8 Å². The van der Waals surface area contributed by atoms with Gasteiger partial charge < -0.3 is 15.2 Å². The maximum absolute atomic E-state index is 12.0. The van der Waals surface area contributed by atoms with E-state index in [-0.39, 0.29) is 18.4 Å². The van der Waals surface area contributed by atoms with Gasteiger partial charge in [0.1, 0.15) is 5.60 Å². The number of rotatable bonds is 5. The number of hydrogen-bond donors (Lipinski definition) is 1. The Hall–Kier alpha value is -1.62. The average Bonchev–Trinajstić information content (AvgIpc) is 2.34. The van der Waals surface area contributed by atoms with Crippen molar-refractivity contribution >= 4 is 5.97 Å². The van der Waals surface area contributed by atoms with Crippen LogP contribution in [0.1, 0.15) is 26.5 Å². The molecule has 0 amide bonds. The Labute approximate surface area is 114 Å². The first-order chi connectivity index (χ1) is 8.85. The van der Waals surface area contributed by atoms with E-state index in [1.807, 2.05) is 32.9 Å². The number of carbonyl (C=O) groups is 1. The maximum Gasteiger partial charge on any atom is 0.311 e. The minimum absolute atomic E-state index is 0.230. The van der Waals surface area contributed by atoms with Crippen LogP contribution >= 0.6 is 0 Å². The van der Waals surface area contributed by atoms with Crippen LogP contribution in [0.5, 0.6) is 5.88 Å². The Balaban J connectivity index is 2.73. The van der Waals surface area contributed by atoms with Gasteiger partial charge in [0, 0.05) is 24.7 Å². The molecule has 0 radical (unpaired) electrons. The van der Waals surface area contributed by atoms with Crippen LogP contribution in [0.4, 0.5) is 0 Å². The molecule has 1 aromatic heterocycles. The molecule has 0 aliphatic carbocycles. The molecule has 5 heteroatoms. The molecule has 0 spiro atoms. The van der Waals surface area contributed by atoms with Crippen molar-refractivity contribution in [3.8, 4) is 5.88 Å². The fourth-order valence-corrected chi connectivity index (χ4v) is 1.59. The lowest BCUT2D eigenvalue weighted by Crippen LogP contribution is -2.33. The number of aromatic nitrogens is 1. The predicted molar refractivity (Wildman–Crippen MR) is 72.9 cm³/mol. The summed E-state index contributed by atoms with van der Waals surface area (Å²) in [6, 6.07) is 5.44. The average molecular weight is 266 g/mol. The lowest BCUT2D eigenvalue weighted by molar-refractivity contribution is -0.159. The second-order valence-corrected chi connectivity index (χ2v) is 5.34. The van der Waals surface area contributed by atoms with E-state index in [2.05, 4.69) is 4.98 Å². The molecule has 19 heavy (non-hydrogen) atoms. The van der Waals surface area contributed by atoms with Crippen molar-refractivity contribution in [2.24, 2.45) is 11.7 Å². The van der Waals surface area contributed by atoms with Gasteiger partial charge in [-0.15, -0.1) is 0 Å². The molecule has 1 rings (SSSR count). The lowest BCUT2D eigenvalue weighted by Gasteiger charge is -2.23. The van der Waals surface area contributed by atoms with Gasteiger partial charge in [0.2, 0.25) is 5.88 Å². The first-order valence-corrected chi connectivity index (χ1v) is 6.28. The monoisotopic (exact) mass is 266 g/mol. The van der Waals surface area contributed by atoms with Crippen molar-refractivity contribution in [3.05, 3.63) is 23.9 Å². The standard InChI is InChI=1S/C14H22N2O3/c1-14(2,3)19-13(17)10(9-15)8-11-6-5-7-12(16-11)18-4/h5-7,10H,8-9,15H2,1-4H3. The van der Waals surface area contributed by atoms with Crippen LogP contribution in [0.25, 0.3) is 0 Å². The molecule has 0 aliphatic rings. The van der Waals surface area contributed by atoms with Gasteiger partial charge in [-0.2, -0.15) is 0 Å². The van der Waals surface area contributed by atoms with E-state index < -0.39 is 5.60 Å². The topological polar surface area (TPSA) is 74.4 Å². The maximum atomic E-state index is 12.0. The third-order valence-electron chi connectivity index (χ3n) is 2.47. The van der Waals surface area contributed by atoms with Crippen LogP contribution in [0.3, 0.4) is 0 Å². The van der Waals surface area contributed by atoms with Gasteiger partial charge in [-0.05, 0) is 26.8 Å². The molecule has 5 nitrogen and oxygen atoms in total. The molecule has 1 unspecified atom stereocenters. The molecule has 0 saturated heterocycles. The molecular formula is C14H22N2O3. The van der Waals surface area contributed by atoms with Crippen molar-refractivity contribution in [1.82, 2.24) is 4.98 Å². The second kappa shape index (κ2) is 6.52. The molecule has 0 aliphatic heterocycles. The zero-order valence-electron chi connectivity index (χ0n) is 12.0. The van der Waals surface area contributed by atoms with Crippen LogP contribution in [0.15, 0.2) is 18.2 Å². The normalized spacial score (nSPS) is 12.9. The zero-order chi connectivity index (χ0) is 14.5. The van der Waals surface area contributed by atoms with E-state index in [1.54, 1.807) is 13.2 Å². The first-order valence-electron chi connectivity index (χ1n) is 6.28. The quantitative estimate of drug-likeness (QED) is 0.818. The van der Waals surface area contributed by atoms with Crippen LogP contribution < -0.4 is 10.5 Å². The third kappa shape index (κ3) is 5.26. The minimum Gasteiger partial charge on any atom is -0.481 e. The van der Waals surface area contributed by atoms with Crippen LogP contribution in [-0.2, 0) is 16.0 Å². The summed E-state index contributed by atoms with van der Waals surface area (Å²) in [7, 11) is 1.56. The molecule has 2 N–H and O–H groups in total. The molecule has 0 saturated carbocycles. The smallest absolute Gasteiger partial charge is 0.311 e. The number of pyridine rings is 1. The molecule has 1 atom stereocenters. The van der Waals surface area contributed by atoms with Crippen molar-refractivity contribution in [3.63, 3.8) is 0 Å². The summed E-state index contributed by atoms with van der Waals surface area (Å²) in [6.45, 7) is 5.74. The Bertz CT molecular complexity index is 427.